The fourth-order valence-electron chi connectivity index (χ4n) is 3.22. The molecule has 2 aromatic carbocycles. The Labute approximate surface area is 180 Å². The minimum absolute atomic E-state index is 0.140. The maximum Gasteiger partial charge on any atom is 0.261 e. The van der Waals surface area contributed by atoms with Crippen molar-refractivity contribution in [3.05, 3.63) is 52.5 Å². The number of aryl methyl sites for hydroxylation is 1. The van der Waals surface area contributed by atoms with E-state index in [9.17, 15) is 4.79 Å². The topological polar surface area (TPSA) is 45.7 Å². The highest BCUT2D eigenvalue weighted by Gasteiger charge is 2.24. The molecule has 0 unspecified atom stereocenters. The Balaban J connectivity index is 2.05. The lowest BCUT2D eigenvalue weighted by atomic mass is 10.2. The summed E-state index contributed by atoms with van der Waals surface area (Å²) in [7, 11) is 1.64. The smallest absolute Gasteiger partial charge is 0.261 e. The van der Waals surface area contributed by atoms with Crippen LogP contribution in [0.2, 0.25) is 5.02 Å². The van der Waals surface area contributed by atoms with Gasteiger partial charge in [-0.05, 0) is 43.8 Å². The number of aromatic nitrogens is 1. The number of nitrogens with zero attached hydrogens (tertiary/aromatic N) is 3. The van der Waals surface area contributed by atoms with Crippen LogP contribution in [-0.2, 0) is 0 Å². The molecule has 5 nitrogen and oxygen atoms in total. The number of carbonyl (C=O) groups excluding carboxylic acids is 1. The van der Waals surface area contributed by atoms with Crippen molar-refractivity contribution in [1.29, 1.82) is 0 Å². The van der Waals surface area contributed by atoms with E-state index < -0.39 is 0 Å². The second kappa shape index (κ2) is 9.57. The average Bonchev–Trinajstić information content (AvgIpc) is 3.17. The van der Waals surface area contributed by atoms with Crippen molar-refractivity contribution in [1.82, 2.24) is 9.88 Å². The summed E-state index contributed by atoms with van der Waals surface area (Å²) in [5.74, 6) is 0.570. The molecule has 0 spiro atoms. The van der Waals surface area contributed by atoms with Gasteiger partial charge in [0.05, 0.1) is 22.4 Å². The molecule has 0 aliphatic heterocycles. The van der Waals surface area contributed by atoms with Crippen LogP contribution < -0.4 is 9.64 Å². The predicted molar refractivity (Wildman–Crippen MR) is 122 cm³/mol. The zero-order chi connectivity index (χ0) is 21.0. The lowest BCUT2D eigenvalue weighted by molar-refractivity contribution is 0.0984. The molecule has 0 aliphatic rings. The van der Waals surface area contributed by atoms with Gasteiger partial charge in [0.15, 0.2) is 5.13 Å². The van der Waals surface area contributed by atoms with Gasteiger partial charge >= 0.3 is 0 Å². The Kier molecular flexibility index (Phi) is 7.11. The van der Waals surface area contributed by atoms with E-state index in [1.54, 1.807) is 24.1 Å². The Morgan fingerprint density at radius 2 is 1.86 bits per heavy atom. The van der Waals surface area contributed by atoms with Crippen LogP contribution in [-0.4, -0.2) is 49.1 Å². The van der Waals surface area contributed by atoms with Crippen LogP contribution in [0.4, 0.5) is 5.13 Å². The van der Waals surface area contributed by atoms with Crippen LogP contribution in [0.15, 0.2) is 36.4 Å². The average molecular weight is 432 g/mol. The van der Waals surface area contributed by atoms with Crippen molar-refractivity contribution in [3.63, 3.8) is 0 Å². The summed E-state index contributed by atoms with van der Waals surface area (Å²) in [4.78, 5) is 22.2. The van der Waals surface area contributed by atoms with Crippen molar-refractivity contribution in [2.45, 2.75) is 20.8 Å². The number of hydrogen-bond acceptors (Lipinski definition) is 5. The normalized spacial score (nSPS) is 11.2. The number of amides is 1. The number of ether oxygens (including phenoxy) is 1. The standard InChI is InChI=1S/C22H26ClN3O2S/c1-5-25(6-2)13-14-26(21(27)16-9-7-8-10-17(16)23)22-24-19-18(28-4)12-11-15(3)20(19)29-22/h7-12H,5-6,13-14H2,1-4H3. The highest BCUT2D eigenvalue weighted by molar-refractivity contribution is 7.22. The molecular weight excluding hydrogens is 406 g/mol. The van der Waals surface area contributed by atoms with Crippen molar-refractivity contribution < 1.29 is 9.53 Å². The molecule has 1 aromatic heterocycles. The van der Waals surface area contributed by atoms with Gasteiger partial charge in [-0.3, -0.25) is 9.69 Å². The van der Waals surface area contributed by atoms with E-state index in [-0.39, 0.29) is 5.91 Å². The Hall–Kier alpha value is -2.15. The summed E-state index contributed by atoms with van der Waals surface area (Å²) in [6, 6.07) is 11.1. The van der Waals surface area contributed by atoms with E-state index in [1.165, 1.54) is 11.3 Å². The van der Waals surface area contributed by atoms with Crippen molar-refractivity contribution in [2.24, 2.45) is 0 Å². The second-order valence-electron chi connectivity index (χ2n) is 6.72. The number of carbonyl (C=O) groups is 1. The van der Waals surface area contributed by atoms with Gasteiger partial charge in [0.2, 0.25) is 0 Å². The van der Waals surface area contributed by atoms with Crippen molar-refractivity contribution in [2.75, 3.05) is 38.2 Å². The zero-order valence-electron chi connectivity index (χ0n) is 17.2. The van der Waals surface area contributed by atoms with Gasteiger partial charge in [-0.25, -0.2) is 4.98 Å². The lowest BCUT2D eigenvalue weighted by Gasteiger charge is -2.25. The summed E-state index contributed by atoms with van der Waals surface area (Å²) in [5, 5.41) is 1.10. The summed E-state index contributed by atoms with van der Waals surface area (Å²) < 4.78 is 6.51. The first kappa shape index (κ1) is 21.6. The number of methoxy groups -OCH3 is 1. The summed E-state index contributed by atoms with van der Waals surface area (Å²) >= 11 is 7.83. The van der Waals surface area contributed by atoms with Gasteiger partial charge in [0, 0.05) is 13.1 Å². The molecule has 7 heteroatoms. The third-order valence-corrected chi connectivity index (χ3v) is 6.57. The largest absolute Gasteiger partial charge is 0.494 e. The number of likely N-dealkylation sites (N-methyl/N-ethyl adjacent to an activating group) is 1. The van der Waals surface area contributed by atoms with Gasteiger partial charge in [-0.1, -0.05) is 55.0 Å². The first-order chi connectivity index (χ1) is 14.0. The predicted octanol–water partition coefficient (Wildman–Crippen LogP) is 5.26. The highest BCUT2D eigenvalue weighted by atomic mass is 35.5. The fourth-order valence-corrected chi connectivity index (χ4v) is 4.52. The Morgan fingerprint density at radius 3 is 2.52 bits per heavy atom. The van der Waals surface area contributed by atoms with Crippen LogP contribution in [0.25, 0.3) is 10.2 Å². The molecular formula is C22H26ClN3O2S. The molecule has 0 N–H and O–H groups in total. The van der Waals surface area contributed by atoms with E-state index >= 15 is 0 Å². The number of benzene rings is 2. The Bertz CT molecular complexity index is 1000. The van der Waals surface area contributed by atoms with Crippen LogP contribution >= 0.6 is 22.9 Å². The fraction of sp³-hybridized carbons (Fsp3) is 0.364. The molecule has 29 heavy (non-hydrogen) atoms. The van der Waals surface area contributed by atoms with Crippen molar-refractivity contribution in [3.8, 4) is 5.75 Å². The van der Waals surface area contributed by atoms with Gasteiger partial charge in [-0.2, -0.15) is 0 Å². The van der Waals surface area contributed by atoms with Crippen LogP contribution in [0.3, 0.4) is 0 Å². The molecule has 1 amide bonds. The molecule has 0 fully saturated rings. The molecule has 1 heterocycles. The van der Waals surface area contributed by atoms with Crippen LogP contribution in [0, 0.1) is 6.92 Å². The van der Waals surface area contributed by atoms with Crippen LogP contribution in [0.1, 0.15) is 29.8 Å². The zero-order valence-corrected chi connectivity index (χ0v) is 18.8. The minimum atomic E-state index is -0.140. The molecule has 0 saturated heterocycles. The summed E-state index contributed by atoms with van der Waals surface area (Å²) in [6.45, 7) is 9.43. The second-order valence-corrected chi connectivity index (χ2v) is 8.11. The van der Waals surface area contributed by atoms with Gasteiger partial charge in [-0.15, -0.1) is 0 Å². The number of anilines is 1. The molecule has 3 rings (SSSR count). The van der Waals surface area contributed by atoms with Crippen LogP contribution in [0.5, 0.6) is 5.75 Å². The molecule has 0 aliphatic carbocycles. The van der Waals surface area contributed by atoms with E-state index in [1.807, 2.05) is 31.2 Å². The first-order valence-electron chi connectivity index (χ1n) is 9.73. The maximum atomic E-state index is 13.4. The number of halogens is 1. The van der Waals surface area contributed by atoms with E-state index in [2.05, 4.69) is 18.7 Å². The van der Waals surface area contributed by atoms with Gasteiger partial charge in [0.1, 0.15) is 11.3 Å². The molecule has 0 bridgehead atoms. The minimum Gasteiger partial charge on any atom is -0.494 e. The quantitative estimate of drug-likeness (QED) is 0.488. The monoisotopic (exact) mass is 431 g/mol. The van der Waals surface area contributed by atoms with Gasteiger partial charge in [0.25, 0.3) is 5.91 Å². The van der Waals surface area contributed by atoms with E-state index in [0.29, 0.717) is 28.0 Å². The molecule has 154 valence electrons. The van der Waals surface area contributed by atoms with Gasteiger partial charge < -0.3 is 9.64 Å². The molecule has 3 aromatic rings. The third-order valence-electron chi connectivity index (χ3n) is 5.03. The number of hydrogen-bond donors (Lipinski definition) is 0. The summed E-state index contributed by atoms with van der Waals surface area (Å²) in [5.41, 5.74) is 2.38. The number of rotatable bonds is 8. The SMILES string of the molecule is CCN(CC)CCN(C(=O)c1ccccc1Cl)c1nc2c(OC)ccc(C)c2s1. The molecule has 0 saturated carbocycles. The lowest BCUT2D eigenvalue weighted by Crippen LogP contribution is -2.39. The Morgan fingerprint density at radius 1 is 1.14 bits per heavy atom. The molecule has 0 radical (unpaired) electrons. The maximum absolute atomic E-state index is 13.4. The first-order valence-corrected chi connectivity index (χ1v) is 10.9. The summed E-state index contributed by atoms with van der Waals surface area (Å²) in [6.07, 6.45) is 0. The number of fused-ring (bicyclic) bond motifs is 1. The third kappa shape index (κ3) is 4.55. The molecule has 0 atom stereocenters. The number of thiazole rings is 1. The highest BCUT2D eigenvalue weighted by Crippen LogP contribution is 2.37. The van der Waals surface area contributed by atoms with Crippen molar-refractivity contribution >= 4 is 44.2 Å². The van der Waals surface area contributed by atoms with E-state index in [0.717, 1.165) is 35.4 Å². The van der Waals surface area contributed by atoms with E-state index in [4.69, 9.17) is 21.3 Å².